The van der Waals surface area contributed by atoms with E-state index < -0.39 is 5.91 Å². The monoisotopic (exact) mass is 262 g/mol. The van der Waals surface area contributed by atoms with E-state index in [0.717, 1.165) is 16.4 Å². The third-order valence-corrected chi connectivity index (χ3v) is 3.40. The smallest absolute Gasteiger partial charge is 0.248 e. The molecule has 18 heavy (non-hydrogen) atoms. The molecule has 0 aliphatic heterocycles. The van der Waals surface area contributed by atoms with Crippen LogP contribution in [0.1, 0.15) is 21.1 Å². The fourth-order valence-electron chi connectivity index (χ4n) is 1.53. The van der Waals surface area contributed by atoms with E-state index in [9.17, 15) is 4.79 Å². The molecule has 94 valence electrons. The van der Waals surface area contributed by atoms with Gasteiger partial charge in [0.15, 0.2) is 0 Å². The molecule has 0 saturated heterocycles. The molecule has 1 heterocycles. The van der Waals surface area contributed by atoms with E-state index in [1.165, 1.54) is 0 Å². The molecule has 5 N–H and O–H groups in total. The highest BCUT2D eigenvalue weighted by atomic mass is 32.1. The van der Waals surface area contributed by atoms with Crippen molar-refractivity contribution in [2.45, 2.75) is 13.5 Å². The van der Waals surface area contributed by atoms with Gasteiger partial charge in [-0.05, 0) is 25.1 Å². The number of nitrogens with two attached hydrogens (primary N) is 2. The van der Waals surface area contributed by atoms with Gasteiger partial charge >= 0.3 is 0 Å². The molecule has 0 bridgehead atoms. The van der Waals surface area contributed by atoms with Crippen molar-refractivity contribution in [1.82, 2.24) is 4.98 Å². The summed E-state index contributed by atoms with van der Waals surface area (Å²) in [6.07, 6.45) is 0. The Bertz CT molecular complexity index is 579. The number of anilines is 2. The summed E-state index contributed by atoms with van der Waals surface area (Å²) in [6.45, 7) is 2.56. The van der Waals surface area contributed by atoms with Gasteiger partial charge in [0.05, 0.1) is 17.9 Å². The first-order chi connectivity index (χ1) is 8.56. The second-order valence-electron chi connectivity index (χ2n) is 3.90. The SMILES string of the molecule is Cc1csc(CNc2ccc(C(N)=O)cc2N)n1. The largest absolute Gasteiger partial charge is 0.397 e. The summed E-state index contributed by atoms with van der Waals surface area (Å²) in [5.41, 5.74) is 13.7. The molecular formula is C12H14N4OS. The van der Waals surface area contributed by atoms with E-state index in [2.05, 4.69) is 10.3 Å². The van der Waals surface area contributed by atoms with Crippen LogP contribution in [0.2, 0.25) is 0 Å². The van der Waals surface area contributed by atoms with Gasteiger partial charge in [0.25, 0.3) is 0 Å². The third kappa shape index (κ3) is 2.78. The van der Waals surface area contributed by atoms with Crippen molar-refractivity contribution in [1.29, 1.82) is 0 Å². The zero-order chi connectivity index (χ0) is 13.1. The van der Waals surface area contributed by atoms with Crippen LogP contribution in [0, 0.1) is 6.92 Å². The zero-order valence-electron chi connectivity index (χ0n) is 9.93. The summed E-state index contributed by atoms with van der Waals surface area (Å²) >= 11 is 1.59. The minimum atomic E-state index is -0.483. The number of aromatic nitrogens is 1. The van der Waals surface area contributed by atoms with Crippen LogP contribution in [0.4, 0.5) is 11.4 Å². The van der Waals surface area contributed by atoms with Crippen LogP contribution in [-0.4, -0.2) is 10.9 Å². The number of benzene rings is 1. The number of amides is 1. The molecule has 2 aromatic rings. The first-order valence-corrected chi connectivity index (χ1v) is 6.28. The molecule has 0 spiro atoms. The first-order valence-electron chi connectivity index (χ1n) is 5.40. The predicted octanol–water partition coefficient (Wildman–Crippen LogP) is 1.74. The van der Waals surface area contributed by atoms with E-state index in [4.69, 9.17) is 11.5 Å². The van der Waals surface area contributed by atoms with Gasteiger partial charge in [-0.2, -0.15) is 0 Å². The number of hydrogen-bond acceptors (Lipinski definition) is 5. The molecule has 0 aliphatic carbocycles. The summed E-state index contributed by atoms with van der Waals surface area (Å²) in [6, 6.07) is 4.96. The fourth-order valence-corrected chi connectivity index (χ4v) is 2.24. The van der Waals surface area contributed by atoms with Crippen LogP contribution < -0.4 is 16.8 Å². The number of primary amides is 1. The Balaban J connectivity index is 2.08. The Morgan fingerprint density at radius 2 is 2.28 bits per heavy atom. The van der Waals surface area contributed by atoms with Crippen molar-refractivity contribution in [3.8, 4) is 0 Å². The Hall–Kier alpha value is -2.08. The molecule has 2 rings (SSSR count). The molecule has 5 nitrogen and oxygen atoms in total. The lowest BCUT2D eigenvalue weighted by molar-refractivity contribution is 0.100. The van der Waals surface area contributed by atoms with Gasteiger partial charge < -0.3 is 16.8 Å². The van der Waals surface area contributed by atoms with Gasteiger partial charge in [0.1, 0.15) is 5.01 Å². The summed E-state index contributed by atoms with van der Waals surface area (Å²) in [5, 5.41) is 6.17. The molecule has 0 aliphatic rings. The van der Waals surface area contributed by atoms with Gasteiger partial charge in [0.2, 0.25) is 5.91 Å². The summed E-state index contributed by atoms with van der Waals surface area (Å²) in [5.74, 6) is -0.483. The summed E-state index contributed by atoms with van der Waals surface area (Å²) < 4.78 is 0. The standard InChI is InChI=1S/C12H14N4OS/c1-7-6-18-11(16-7)5-15-10-3-2-8(12(14)17)4-9(10)13/h2-4,6,15H,5,13H2,1H3,(H2,14,17). The Morgan fingerprint density at radius 1 is 1.50 bits per heavy atom. The molecule has 0 unspecified atom stereocenters. The Labute approximate surface area is 109 Å². The third-order valence-electron chi connectivity index (χ3n) is 2.43. The Kier molecular flexibility index (Phi) is 3.47. The van der Waals surface area contributed by atoms with Crippen LogP contribution in [0.15, 0.2) is 23.6 Å². The van der Waals surface area contributed by atoms with Crippen LogP contribution in [0.25, 0.3) is 0 Å². The van der Waals surface area contributed by atoms with Crippen molar-refractivity contribution in [2.75, 3.05) is 11.1 Å². The van der Waals surface area contributed by atoms with Crippen LogP contribution in [-0.2, 0) is 6.54 Å². The molecule has 0 atom stereocenters. The average Bonchev–Trinajstić information content (AvgIpc) is 2.73. The summed E-state index contributed by atoms with van der Waals surface area (Å²) in [4.78, 5) is 15.3. The molecule has 0 fully saturated rings. The van der Waals surface area contributed by atoms with E-state index in [0.29, 0.717) is 17.8 Å². The lowest BCUT2D eigenvalue weighted by Crippen LogP contribution is -2.12. The number of nitrogens with one attached hydrogen (secondary N) is 1. The minimum Gasteiger partial charge on any atom is -0.397 e. The maximum Gasteiger partial charge on any atom is 0.248 e. The van der Waals surface area contributed by atoms with Crippen molar-refractivity contribution >= 4 is 28.6 Å². The lowest BCUT2D eigenvalue weighted by Gasteiger charge is -2.08. The Morgan fingerprint density at radius 3 is 2.83 bits per heavy atom. The molecular weight excluding hydrogens is 248 g/mol. The number of nitrogen functional groups attached to an aromatic ring is 1. The lowest BCUT2D eigenvalue weighted by atomic mass is 10.1. The summed E-state index contributed by atoms with van der Waals surface area (Å²) in [7, 11) is 0. The number of carbonyl (C=O) groups excluding carboxylic acids is 1. The quantitative estimate of drug-likeness (QED) is 0.731. The molecule has 1 aromatic carbocycles. The number of thiazole rings is 1. The fraction of sp³-hybridized carbons (Fsp3) is 0.167. The van der Waals surface area contributed by atoms with Crippen LogP contribution in [0.5, 0.6) is 0 Å². The maximum absolute atomic E-state index is 11.0. The second-order valence-corrected chi connectivity index (χ2v) is 4.85. The van der Waals surface area contributed by atoms with Crippen molar-refractivity contribution in [3.63, 3.8) is 0 Å². The average molecular weight is 262 g/mol. The van der Waals surface area contributed by atoms with Crippen molar-refractivity contribution in [3.05, 3.63) is 39.8 Å². The normalized spacial score (nSPS) is 10.3. The predicted molar refractivity (Wildman–Crippen MR) is 73.5 cm³/mol. The molecule has 1 amide bonds. The maximum atomic E-state index is 11.0. The van der Waals surface area contributed by atoms with E-state index in [1.54, 1.807) is 29.5 Å². The van der Waals surface area contributed by atoms with E-state index in [1.807, 2.05) is 12.3 Å². The molecule has 0 saturated carbocycles. The number of hydrogen-bond donors (Lipinski definition) is 3. The van der Waals surface area contributed by atoms with Crippen molar-refractivity contribution < 1.29 is 4.79 Å². The second kappa shape index (κ2) is 5.05. The highest BCUT2D eigenvalue weighted by molar-refractivity contribution is 7.09. The van der Waals surface area contributed by atoms with Crippen molar-refractivity contribution in [2.24, 2.45) is 5.73 Å². The number of carbonyl (C=O) groups is 1. The topological polar surface area (TPSA) is 94.0 Å². The van der Waals surface area contributed by atoms with Gasteiger partial charge in [0, 0.05) is 16.6 Å². The number of nitrogens with zero attached hydrogens (tertiary/aromatic N) is 1. The molecule has 0 radical (unpaired) electrons. The van der Waals surface area contributed by atoms with Gasteiger partial charge in [-0.15, -0.1) is 11.3 Å². The van der Waals surface area contributed by atoms with Crippen LogP contribution >= 0.6 is 11.3 Å². The molecule has 6 heteroatoms. The van der Waals surface area contributed by atoms with Gasteiger partial charge in [-0.25, -0.2) is 4.98 Å². The van der Waals surface area contributed by atoms with Crippen LogP contribution in [0.3, 0.4) is 0 Å². The highest BCUT2D eigenvalue weighted by Crippen LogP contribution is 2.21. The first kappa shape index (κ1) is 12.4. The number of rotatable bonds is 4. The van der Waals surface area contributed by atoms with Gasteiger partial charge in [-0.3, -0.25) is 4.79 Å². The van der Waals surface area contributed by atoms with E-state index in [-0.39, 0.29) is 0 Å². The highest BCUT2D eigenvalue weighted by Gasteiger charge is 2.05. The minimum absolute atomic E-state index is 0.406. The zero-order valence-corrected chi connectivity index (χ0v) is 10.8. The van der Waals surface area contributed by atoms with E-state index >= 15 is 0 Å². The molecule has 1 aromatic heterocycles. The van der Waals surface area contributed by atoms with Gasteiger partial charge in [-0.1, -0.05) is 0 Å². The number of aryl methyl sites for hydroxylation is 1.